The number of urea groups is 1. The lowest BCUT2D eigenvalue weighted by molar-refractivity contribution is 0.194. The standard InChI is InChI=1S/C23H21FN2O/c1-16-6-12-20(13-7-16)25-23(27)26-15-14-17-4-2-3-5-21(17)22(26)18-8-10-19(24)11-9-18/h2-13,22H,14-15H2,1H3,(H,25,27)/t22-/m1/s1. The zero-order valence-corrected chi connectivity index (χ0v) is 15.2. The summed E-state index contributed by atoms with van der Waals surface area (Å²) in [6, 6.07) is 21.9. The molecule has 3 aromatic carbocycles. The van der Waals surface area contributed by atoms with Gasteiger partial charge in [0.15, 0.2) is 0 Å². The second-order valence-corrected chi connectivity index (χ2v) is 6.89. The van der Waals surface area contributed by atoms with Crippen LogP contribution in [-0.4, -0.2) is 17.5 Å². The van der Waals surface area contributed by atoms with E-state index in [4.69, 9.17) is 0 Å². The van der Waals surface area contributed by atoms with Crippen LogP contribution in [0.2, 0.25) is 0 Å². The summed E-state index contributed by atoms with van der Waals surface area (Å²) in [5.74, 6) is -0.279. The van der Waals surface area contributed by atoms with Crippen molar-refractivity contribution in [3.63, 3.8) is 0 Å². The number of fused-ring (bicyclic) bond motifs is 1. The Kier molecular flexibility index (Phi) is 4.63. The largest absolute Gasteiger partial charge is 0.322 e. The molecule has 1 aliphatic rings. The zero-order chi connectivity index (χ0) is 18.8. The van der Waals surface area contributed by atoms with Gasteiger partial charge in [0, 0.05) is 12.2 Å². The third-order valence-corrected chi connectivity index (χ3v) is 5.03. The van der Waals surface area contributed by atoms with Gasteiger partial charge in [0.05, 0.1) is 6.04 Å². The minimum absolute atomic E-state index is 0.150. The highest BCUT2D eigenvalue weighted by molar-refractivity contribution is 5.90. The number of aryl methyl sites for hydroxylation is 1. The number of hydrogen-bond acceptors (Lipinski definition) is 1. The number of benzene rings is 3. The molecule has 1 N–H and O–H groups in total. The van der Waals surface area contributed by atoms with Gasteiger partial charge in [0.25, 0.3) is 0 Å². The quantitative estimate of drug-likeness (QED) is 0.660. The molecule has 0 spiro atoms. The number of nitrogens with zero attached hydrogens (tertiary/aromatic N) is 1. The summed E-state index contributed by atoms with van der Waals surface area (Å²) in [6.07, 6.45) is 0.801. The Balaban J connectivity index is 1.68. The Morgan fingerprint density at radius 3 is 2.44 bits per heavy atom. The van der Waals surface area contributed by atoms with Crippen molar-refractivity contribution in [2.75, 3.05) is 11.9 Å². The summed E-state index contributed by atoms with van der Waals surface area (Å²) in [5, 5.41) is 2.99. The maximum atomic E-state index is 13.4. The van der Waals surface area contributed by atoms with Crippen molar-refractivity contribution in [3.05, 3.63) is 101 Å². The fourth-order valence-corrected chi connectivity index (χ4v) is 3.62. The van der Waals surface area contributed by atoms with Crippen LogP contribution in [0.3, 0.4) is 0 Å². The molecule has 136 valence electrons. The number of carbonyl (C=O) groups excluding carboxylic acids is 1. The molecule has 0 bridgehead atoms. The fraction of sp³-hybridized carbons (Fsp3) is 0.174. The Morgan fingerprint density at radius 2 is 1.70 bits per heavy atom. The summed E-state index contributed by atoms with van der Waals surface area (Å²) in [4.78, 5) is 14.9. The van der Waals surface area contributed by atoms with E-state index in [0.29, 0.717) is 6.54 Å². The lowest BCUT2D eigenvalue weighted by atomic mass is 9.88. The molecule has 0 aliphatic carbocycles. The highest BCUT2D eigenvalue weighted by atomic mass is 19.1. The minimum atomic E-state index is -0.279. The molecule has 1 aliphatic heterocycles. The molecule has 0 fully saturated rings. The first kappa shape index (κ1) is 17.3. The average Bonchev–Trinajstić information content (AvgIpc) is 2.69. The highest BCUT2D eigenvalue weighted by Crippen LogP contribution is 2.35. The van der Waals surface area contributed by atoms with Crippen molar-refractivity contribution in [3.8, 4) is 0 Å². The summed E-state index contributed by atoms with van der Waals surface area (Å²) >= 11 is 0. The van der Waals surface area contributed by atoms with Crippen LogP contribution in [0.1, 0.15) is 28.3 Å². The molecule has 0 saturated heterocycles. The van der Waals surface area contributed by atoms with Gasteiger partial charge in [0.1, 0.15) is 5.82 Å². The Morgan fingerprint density at radius 1 is 1.00 bits per heavy atom. The van der Waals surface area contributed by atoms with E-state index in [2.05, 4.69) is 17.4 Å². The lowest BCUT2D eigenvalue weighted by Crippen LogP contribution is -2.43. The van der Waals surface area contributed by atoms with Gasteiger partial charge in [-0.3, -0.25) is 0 Å². The van der Waals surface area contributed by atoms with Crippen LogP contribution in [0, 0.1) is 12.7 Å². The van der Waals surface area contributed by atoms with Gasteiger partial charge < -0.3 is 10.2 Å². The molecule has 0 aromatic heterocycles. The van der Waals surface area contributed by atoms with E-state index in [9.17, 15) is 9.18 Å². The van der Waals surface area contributed by atoms with Crippen molar-refractivity contribution in [2.24, 2.45) is 0 Å². The van der Waals surface area contributed by atoms with Gasteiger partial charge in [-0.25, -0.2) is 9.18 Å². The van der Waals surface area contributed by atoms with Crippen molar-refractivity contribution < 1.29 is 9.18 Å². The van der Waals surface area contributed by atoms with Crippen molar-refractivity contribution in [1.29, 1.82) is 0 Å². The van der Waals surface area contributed by atoms with Crippen LogP contribution < -0.4 is 5.32 Å². The second kappa shape index (κ2) is 7.23. The topological polar surface area (TPSA) is 32.3 Å². The number of anilines is 1. The maximum Gasteiger partial charge on any atom is 0.322 e. The van der Waals surface area contributed by atoms with Gasteiger partial charge in [0.2, 0.25) is 0 Å². The number of amides is 2. The molecule has 0 saturated carbocycles. The molecule has 3 nitrogen and oxygen atoms in total. The molecule has 0 unspecified atom stereocenters. The molecule has 0 radical (unpaired) electrons. The van der Waals surface area contributed by atoms with Crippen LogP contribution in [0.4, 0.5) is 14.9 Å². The molecular weight excluding hydrogens is 339 g/mol. The molecule has 4 heteroatoms. The smallest absolute Gasteiger partial charge is 0.313 e. The van der Waals surface area contributed by atoms with E-state index in [0.717, 1.165) is 28.8 Å². The number of rotatable bonds is 2. The molecular formula is C23H21FN2O. The van der Waals surface area contributed by atoms with E-state index in [1.165, 1.54) is 17.7 Å². The van der Waals surface area contributed by atoms with Crippen molar-refractivity contribution in [1.82, 2.24) is 4.90 Å². The molecule has 1 atom stereocenters. The van der Waals surface area contributed by atoms with Gasteiger partial charge >= 0.3 is 6.03 Å². The highest BCUT2D eigenvalue weighted by Gasteiger charge is 2.31. The van der Waals surface area contributed by atoms with E-state index in [-0.39, 0.29) is 17.9 Å². The van der Waals surface area contributed by atoms with Crippen LogP contribution in [0.5, 0.6) is 0 Å². The van der Waals surface area contributed by atoms with Crippen LogP contribution in [-0.2, 0) is 6.42 Å². The molecule has 2 amide bonds. The van der Waals surface area contributed by atoms with E-state index in [1.807, 2.05) is 48.2 Å². The molecule has 27 heavy (non-hydrogen) atoms. The first-order valence-corrected chi connectivity index (χ1v) is 9.09. The van der Waals surface area contributed by atoms with E-state index in [1.54, 1.807) is 12.1 Å². The Hall–Kier alpha value is -3.14. The monoisotopic (exact) mass is 360 g/mol. The molecule has 4 rings (SSSR count). The molecule has 3 aromatic rings. The summed E-state index contributed by atoms with van der Waals surface area (Å²) < 4.78 is 13.4. The average molecular weight is 360 g/mol. The number of carbonyl (C=O) groups is 1. The maximum absolute atomic E-state index is 13.4. The van der Waals surface area contributed by atoms with E-state index < -0.39 is 0 Å². The van der Waals surface area contributed by atoms with Crippen molar-refractivity contribution >= 4 is 11.7 Å². The van der Waals surface area contributed by atoms with Gasteiger partial charge in [-0.15, -0.1) is 0 Å². The van der Waals surface area contributed by atoms with Crippen LogP contribution in [0.15, 0.2) is 72.8 Å². The van der Waals surface area contributed by atoms with E-state index >= 15 is 0 Å². The van der Waals surface area contributed by atoms with Crippen LogP contribution >= 0.6 is 0 Å². The fourth-order valence-electron chi connectivity index (χ4n) is 3.62. The van der Waals surface area contributed by atoms with Crippen molar-refractivity contribution in [2.45, 2.75) is 19.4 Å². The first-order valence-electron chi connectivity index (χ1n) is 9.09. The lowest BCUT2D eigenvalue weighted by Gasteiger charge is -2.37. The SMILES string of the molecule is Cc1ccc(NC(=O)N2CCc3ccccc3[C@H]2c2ccc(F)cc2)cc1. The first-order chi connectivity index (χ1) is 13.1. The second-order valence-electron chi connectivity index (χ2n) is 6.89. The van der Waals surface area contributed by atoms with Gasteiger partial charge in [-0.05, 0) is 54.3 Å². The van der Waals surface area contributed by atoms with Gasteiger partial charge in [-0.1, -0.05) is 54.1 Å². The summed E-state index contributed by atoms with van der Waals surface area (Å²) in [6.45, 7) is 2.62. The third kappa shape index (κ3) is 3.56. The summed E-state index contributed by atoms with van der Waals surface area (Å²) in [7, 11) is 0. The normalized spacial score (nSPS) is 15.9. The number of hydrogen-bond donors (Lipinski definition) is 1. The Bertz CT molecular complexity index is 951. The van der Waals surface area contributed by atoms with Crippen LogP contribution in [0.25, 0.3) is 0 Å². The zero-order valence-electron chi connectivity index (χ0n) is 15.2. The minimum Gasteiger partial charge on any atom is -0.313 e. The predicted octanol–water partition coefficient (Wildman–Crippen LogP) is 5.31. The summed E-state index contributed by atoms with van der Waals surface area (Å²) in [5.41, 5.74) is 5.13. The molecule has 1 heterocycles. The third-order valence-electron chi connectivity index (χ3n) is 5.03. The Labute approximate surface area is 158 Å². The number of halogens is 1. The predicted molar refractivity (Wildman–Crippen MR) is 105 cm³/mol. The van der Waals surface area contributed by atoms with Gasteiger partial charge in [-0.2, -0.15) is 0 Å². The number of nitrogens with one attached hydrogen (secondary N) is 1.